The van der Waals surface area contributed by atoms with Gasteiger partial charge in [-0.05, 0) is 41.8 Å². The van der Waals surface area contributed by atoms with Crippen molar-refractivity contribution in [2.45, 2.75) is 19.8 Å². The average Bonchev–Trinajstić information content (AvgIpc) is 2.56. The van der Waals surface area contributed by atoms with E-state index < -0.39 is 11.9 Å². The molecule has 2 aromatic rings. The molecule has 0 spiro atoms. The first-order valence-electron chi connectivity index (χ1n) is 7.72. The van der Waals surface area contributed by atoms with Gasteiger partial charge in [0.15, 0.2) is 0 Å². The summed E-state index contributed by atoms with van der Waals surface area (Å²) in [6, 6.07) is 14.6. The number of carboxylic acids is 1. The van der Waals surface area contributed by atoms with Crippen LogP contribution in [0.1, 0.15) is 18.1 Å². The predicted molar refractivity (Wildman–Crippen MR) is 92.3 cm³/mol. The first kappa shape index (κ1) is 17.5. The van der Waals surface area contributed by atoms with Crippen molar-refractivity contribution in [1.82, 2.24) is 0 Å². The summed E-state index contributed by atoms with van der Waals surface area (Å²) < 4.78 is 5.14. The lowest BCUT2D eigenvalue weighted by Crippen LogP contribution is -2.15. The summed E-state index contributed by atoms with van der Waals surface area (Å²) in [5.74, 6) is -0.642. The third-order valence-electron chi connectivity index (χ3n) is 3.70. The number of anilines is 1. The number of methoxy groups -OCH3 is 1. The molecule has 126 valence electrons. The highest BCUT2D eigenvalue weighted by molar-refractivity contribution is 5.92. The van der Waals surface area contributed by atoms with Crippen LogP contribution in [0.25, 0.3) is 0 Å². The number of amides is 1. The van der Waals surface area contributed by atoms with Crippen molar-refractivity contribution in [2.24, 2.45) is 5.92 Å². The number of hydrogen-bond acceptors (Lipinski definition) is 3. The first-order chi connectivity index (χ1) is 11.5. The van der Waals surface area contributed by atoms with Gasteiger partial charge in [-0.15, -0.1) is 0 Å². The van der Waals surface area contributed by atoms with Crippen molar-refractivity contribution in [3.63, 3.8) is 0 Å². The number of rotatable bonds is 7. The molecule has 2 rings (SSSR count). The Morgan fingerprint density at radius 3 is 2.46 bits per heavy atom. The first-order valence-corrected chi connectivity index (χ1v) is 7.72. The molecule has 2 N–H and O–H groups in total. The van der Waals surface area contributed by atoms with Gasteiger partial charge < -0.3 is 15.2 Å². The smallest absolute Gasteiger partial charge is 0.306 e. The highest BCUT2D eigenvalue weighted by atomic mass is 16.5. The molecule has 24 heavy (non-hydrogen) atoms. The summed E-state index contributed by atoms with van der Waals surface area (Å²) in [5.41, 5.74) is 2.49. The van der Waals surface area contributed by atoms with Crippen molar-refractivity contribution in [1.29, 1.82) is 0 Å². The highest BCUT2D eigenvalue weighted by Crippen LogP contribution is 2.16. The lowest BCUT2D eigenvalue weighted by atomic mass is 10.0. The van der Waals surface area contributed by atoms with Gasteiger partial charge in [-0.3, -0.25) is 9.59 Å². The molecule has 0 saturated carbocycles. The van der Waals surface area contributed by atoms with Crippen LogP contribution in [0.5, 0.6) is 5.75 Å². The van der Waals surface area contributed by atoms with Gasteiger partial charge in [-0.1, -0.05) is 31.2 Å². The lowest BCUT2D eigenvalue weighted by Gasteiger charge is -2.09. The van der Waals surface area contributed by atoms with Crippen LogP contribution in [0, 0.1) is 5.92 Å². The van der Waals surface area contributed by atoms with E-state index in [-0.39, 0.29) is 12.3 Å². The molecule has 0 bridgehead atoms. The fraction of sp³-hybridized carbons (Fsp3) is 0.263. The summed E-state index contributed by atoms with van der Waals surface area (Å²) in [4.78, 5) is 23.0. The van der Waals surface area contributed by atoms with E-state index in [1.54, 1.807) is 26.2 Å². The average molecular weight is 327 g/mol. The highest BCUT2D eigenvalue weighted by Gasteiger charge is 2.11. The number of aliphatic carboxylic acids is 1. The molecule has 0 aliphatic heterocycles. The zero-order chi connectivity index (χ0) is 17.5. The molecule has 0 radical (unpaired) electrons. The van der Waals surface area contributed by atoms with E-state index in [0.29, 0.717) is 12.1 Å². The Kier molecular flexibility index (Phi) is 5.95. The van der Waals surface area contributed by atoms with Crippen molar-refractivity contribution in [3.8, 4) is 5.75 Å². The lowest BCUT2D eigenvalue weighted by molar-refractivity contribution is -0.141. The van der Waals surface area contributed by atoms with Crippen LogP contribution in [0.15, 0.2) is 48.5 Å². The van der Waals surface area contributed by atoms with Crippen LogP contribution in [0.2, 0.25) is 0 Å². The second kappa shape index (κ2) is 8.15. The van der Waals surface area contributed by atoms with E-state index >= 15 is 0 Å². The molecule has 0 aliphatic carbocycles. The summed E-state index contributed by atoms with van der Waals surface area (Å²) >= 11 is 0. The van der Waals surface area contributed by atoms with E-state index in [1.165, 1.54) is 0 Å². The second-order valence-electron chi connectivity index (χ2n) is 5.72. The van der Waals surface area contributed by atoms with Gasteiger partial charge >= 0.3 is 5.97 Å². The van der Waals surface area contributed by atoms with E-state index in [4.69, 9.17) is 9.84 Å². The Hall–Kier alpha value is -2.82. The third kappa shape index (κ3) is 5.12. The van der Waals surface area contributed by atoms with Gasteiger partial charge in [0, 0.05) is 5.69 Å². The molecule has 1 atom stereocenters. The SMILES string of the molecule is COc1cccc(CC(=O)Nc2ccc(CC(C)C(=O)O)cc2)c1. The Balaban J connectivity index is 1.93. The van der Waals surface area contributed by atoms with Crippen LogP contribution in [-0.4, -0.2) is 24.1 Å². The third-order valence-corrected chi connectivity index (χ3v) is 3.70. The molecule has 0 fully saturated rings. The molecule has 0 aliphatic rings. The number of carbonyl (C=O) groups is 2. The largest absolute Gasteiger partial charge is 0.497 e. The number of benzene rings is 2. The molecule has 5 heteroatoms. The Labute approximate surface area is 141 Å². The summed E-state index contributed by atoms with van der Waals surface area (Å²) in [6.07, 6.45) is 0.725. The van der Waals surface area contributed by atoms with Crippen LogP contribution in [0.4, 0.5) is 5.69 Å². The number of nitrogens with one attached hydrogen (secondary N) is 1. The zero-order valence-electron chi connectivity index (χ0n) is 13.8. The van der Waals surface area contributed by atoms with Crippen LogP contribution in [0.3, 0.4) is 0 Å². The van der Waals surface area contributed by atoms with Crippen LogP contribution in [-0.2, 0) is 22.4 Å². The normalized spacial score (nSPS) is 11.6. The number of carboxylic acid groups (broad SMARTS) is 1. The minimum atomic E-state index is -0.814. The summed E-state index contributed by atoms with van der Waals surface area (Å²) in [7, 11) is 1.59. The molecule has 0 heterocycles. The monoisotopic (exact) mass is 327 g/mol. The molecular formula is C19H21NO4. The van der Waals surface area contributed by atoms with E-state index in [1.807, 2.05) is 36.4 Å². The van der Waals surface area contributed by atoms with E-state index in [2.05, 4.69) is 5.32 Å². The maximum atomic E-state index is 12.1. The summed E-state index contributed by atoms with van der Waals surface area (Å²) in [5, 5.41) is 11.8. The topological polar surface area (TPSA) is 75.6 Å². The second-order valence-corrected chi connectivity index (χ2v) is 5.72. The molecule has 5 nitrogen and oxygen atoms in total. The maximum absolute atomic E-state index is 12.1. The van der Waals surface area contributed by atoms with Crippen LogP contribution >= 0.6 is 0 Å². The molecule has 0 saturated heterocycles. The van der Waals surface area contributed by atoms with Gasteiger partial charge in [0.2, 0.25) is 5.91 Å². The molecule has 1 amide bonds. The van der Waals surface area contributed by atoms with Crippen molar-refractivity contribution in [2.75, 3.05) is 12.4 Å². The van der Waals surface area contributed by atoms with Crippen LogP contribution < -0.4 is 10.1 Å². The minimum Gasteiger partial charge on any atom is -0.497 e. The predicted octanol–water partition coefficient (Wildman–Crippen LogP) is 3.14. The Morgan fingerprint density at radius 2 is 1.83 bits per heavy atom. The fourth-order valence-electron chi connectivity index (χ4n) is 2.34. The van der Waals surface area contributed by atoms with Gasteiger partial charge in [0.05, 0.1) is 19.4 Å². The zero-order valence-corrected chi connectivity index (χ0v) is 13.8. The molecule has 2 aromatic carbocycles. The van der Waals surface area contributed by atoms with Crippen molar-refractivity contribution < 1.29 is 19.4 Å². The molecular weight excluding hydrogens is 306 g/mol. The number of hydrogen-bond donors (Lipinski definition) is 2. The van der Waals surface area contributed by atoms with Gasteiger partial charge in [-0.25, -0.2) is 0 Å². The van der Waals surface area contributed by atoms with Gasteiger partial charge in [-0.2, -0.15) is 0 Å². The molecule has 1 unspecified atom stereocenters. The number of ether oxygens (including phenoxy) is 1. The Morgan fingerprint density at radius 1 is 1.12 bits per heavy atom. The van der Waals surface area contributed by atoms with Gasteiger partial charge in [0.1, 0.15) is 5.75 Å². The van der Waals surface area contributed by atoms with E-state index in [9.17, 15) is 9.59 Å². The maximum Gasteiger partial charge on any atom is 0.306 e. The van der Waals surface area contributed by atoms with Crippen molar-refractivity contribution >= 4 is 17.6 Å². The Bertz CT molecular complexity index is 710. The standard InChI is InChI=1S/C19H21NO4/c1-13(19(22)23)10-14-6-8-16(9-7-14)20-18(21)12-15-4-3-5-17(11-15)24-2/h3-9,11,13H,10,12H2,1-2H3,(H,20,21)(H,22,23). The number of carbonyl (C=O) groups excluding carboxylic acids is 1. The fourth-order valence-corrected chi connectivity index (χ4v) is 2.34. The van der Waals surface area contributed by atoms with Crippen molar-refractivity contribution in [3.05, 3.63) is 59.7 Å². The quantitative estimate of drug-likeness (QED) is 0.819. The minimum absolute atomic E-state index is 0.116. The molecule has 0 aromatic heterocycles. The summed E-state index contributed by atoms with van der Waals surface area (Å²) in [6.45, 7) is 1.67. The van der Waals surface area contributed by atoms with E-state index in [0.717, 1.165) is 16.9 Å². The van der Waals surface area contributed by atoms with Gasteiger partial charge in [0.25, 0.3) is 0 Å².